The van der Waals surface area contributed by atoms with Crippen LogP contribution in [0.5, 0.6) is 5.75 Å². The molecule has 0 aromatic heterocycles. The topological polar surface area (TPSA) is 47.9 Å². The molecule has 0 fully saturated rings. The van der Waals surface area contributed by atoms with Gasteiger partial charge in [-0.1, -0.05) is 70.8 Å². The molecular formula is C23H14Cl2FNO3. The summed E-state index contributed by atoms with van der Waals surface area (Å²) < 4.78 is 19.0. The summed E-state index contributed by atoms with van der Waals surface area (Å²) >= 11 is 12.5. The van der Waals surface area contributed by atoms with Crippen LogP contribution in [0.2, 0.25) is 10.0 Å². The second-order valence-electron chi connectivity index (χ2n) is 6.46. The van der Waals surface area contributed by atoms with E-state index in [1.165, 1.54) is 12.1 Å². The van der Waals surface area contributed by atoms with Crippen molar-refractivity contribution in [1.29, 1.82) is 0 Å². The largest absolute Gasteiger partial charge is 0.487 e. The molecule has 0 amide bonds. The molecule has 3 aromatic rings. The number of oxime groups is 1. The van der Waals surface area contributed by atoms with E-state index in [9.17, 15) is 9.18 Å². The van der Waals surface area contributed by atoms with E-state index < -0.39 is 5.97 Å². The monoisotopic (exact) mass is 441 g/mol. The molecule has 0 radical (unpaired) electrons. The lowest BCUT2D eigenvalue weighted by atomic mass is 10.0. The Labute approximate surface area is 182 Å². The molecule has 0 spiro atoms. The molecule has 1 heterocycles. The minimum Gasteiger partial charge on any atom is -0.487 e. The van der Waals surface area contributed by atoms with Crippen LogP contribution in [0.3, 0.4) is 0 Å². The normalized spacial score (nSPS) is 14.6. The summed E-state index contributed by atoms with van der Waals surface area (Å²) in [6, 6.07) is 18.3. The van der Waals surface area contributed by atoms with Crippen LogP contribution >= 0.6 is 23.2 Å². The molecule has 0 unspecified atom stereocenters. The van der Waals surface area contributed by atoms with Crippen LogP contribution in [-0.2, 0) is 16.2 Å². The second kappa shape index (κ2) is 8.69. The standard InChI is InChI=1S/C23H14Cl2FNO3/c24-17-10-16(11-19-21(27-30-23(19)28)15-4-2-1-3-5-15)22(20(25)12-17)29-13-14-6-8-18(26)9-7-14/h1-12H,13H2/b19-11-. The Balaban J connectivity index is 1.70. The molecule has 30 heavy (non-hydrogen) atoms. The lowest BCUT2D eigenvalue weighted by molar-refractivity contribution is -0.136. The van der Waals surface area contributed by atoms with Gasteiger partial charge in [0.05, 0.1) is 10.6 Å². The average Bonchev–Trinajstić information content (AvgIpc) is 3.09. The number of hydrogen-bond acceptors (Lipinski definition) is 4. The molecule has 1 aliphatic heterocycles. The van der Waals surface area contributed by atoms with E-state index in [-0.39, 0.29) is 23.0 Å². The maximum absolute atomic E-state index is 13.1. The lowest BCUT2D eigenvalue weighted by Crippen LogP contribution is -2.07. The van der Waals surface area contributed by atoms with Gasteiger partial charge >= 0.3 is 5.97 Å². The maximum Gasteiger partial charge on any atom is 0.368 e. The summed E-state index contributed by atoms with van der Waals surface area (Å²) in [6.07, 6.45) is 1.58. The molecule has 0 atom stereocenters. The smallest absolute Gasteiger partial charge is 0.368 e. The first-order valence-corrected chi connectivity index (χ1v) is 9.70. The van der Waals surface area contributed by atoms with E-state index in [1.807, 2.05) is 30.3 Å². The van der Waals surface area contributed by atoms with Crippen LogP contribution in [0.25, 0.3) is 6.08 Å². The Morgan fingerprint density at radius 1 is 1.03 bits per heavy atom. The van der Waals surface area contributed by atoms with E-state index in [1.54, 1.807) is 30.3 Å². The van der Waals surface area contributed by atoms with Crippen molar-refractivity contribution in [2.75, 3.05) is 0 Å². The highest BCUT2D eigenvalue weighted by atomic mass is 35.5. The summed E-state index contributed by atoms with van der Waals surface area (Å²) in [5.41, 5.74) is 2.64. The Morgan fingerprint density at radius 2 is 1.77 bits per heavy atom. The number of carbonyl (C=O) groups excluding carboxylic acids is 1. The third kappa shape index (κ3) is 4.37. The first-order chi connectivity index (χ1) is 14.5. The highest BCUT2D eigenvalue weighted by Gasteiger charge is 2.27. The van der Waals surface area contributed by atoms with Crippen molar-refractivity contribution in [3.8, 4) is 5.75 Å². The van der Waals surface area contributed by atoms with E-state index in [4.69, 9.17) is 32.8 Å². The van der Waals surface area contributed by atoms with E-state index >= 15 is 0 Å². The number of carbonyl (C=O) groups is 1. The number of halogens is 3. The Bertz CT molecular complexity index is 1160. The van der Waals surface area contributed by atoms with Crippen LogP contribution < -0.4 is 4.74 Å². The highest BCUT2D eigenvalue weighted by Crippen LogP contribution is 2.35. The lowest BCUT2D eigenvalue weighted by Gasteiger charge is -2.13. The zero-order valence-corrected chi connectivity index (χ0v) is 17.0. The van der Waals surface area contributed by atoms with Crippen molar-refractivity contribution >= 4 is 41.0 Å². The van der Waals surface area contributed by atoms with Gasteiger partial charge in [-0.15, -0.1) is 0 Å². The molecule has 4 nitrogen and oxygen atoms in total. The number of hydrogen-bond donors (Lipinski definition) is 0. The van der Waals surface area contributed by atoms with E-state index in [0.29, 0.717) is 22.0 Å². The Morgan fingerprint density at radius 3 is 2.50 bits per heavy atom. The first-order valence-electron chi connectivity index (χ1n) is 8.94. The average molecular weight is 442 g/mol. The van der Waals surface area contributed by atoms with Gasteiger partial charge in [0, 0.05) is 16.1 Å². The molecule has 0 saturated carbocycles. The fourth-order valence-corrected chi connectivity index (χ4v) is 3.51. The summed E-state index contributed by atoms with van der Waals surface area (Å²) in [6.45, 7) is 0.155. The van der Waals surface area contributed by atoms with Gasteiger partial charge in [0.15, 0.2) is 0 Å². The molecule has 0 aliphatic carbocycles. The molecule has 0 saturated heterocycles. The SMILES string of the molecule is O=C1ON=C(c2ccccc2)/C1=C/c1cc(Cl)cc(Cl)c1OCc1ccc(F)cc1. The van der Waals surface area contributed by atoms with Crippen molar-refractivity contribution in [3.05, 3.63) is 105 Å². The van der Waals surface area contributed by atoms with Gasteiger partial charge in [-0.25, -0.2) is 9.18 Å². The van der Waals surface area contributed by atoms with Gasteiger partial charge in [-0.3, -0.25) is 0 Å². The van der Waals surface area contributed by atoms with Crippen LogP contribution in [0.15, 0.2) is 77.5 Å². The predicted octanol–water partition coefficient (Wildman–Crippen LogP) is 6.06. The minimum absolute atomic E-state index is 0.155. The van der Waals surface area contributed by atoms with Crippen molar-refractivity contribution in [2.24, 2.45) is 5.16 Å². The molecule has 0 N–H and O–H groups in total. The third-order valence-electron chi connectivity index (χ3n) is 4.38. The summed E-state index contributed by atoms with van der Waals surface area (Å²) in [5.74, 6) is -0.583. The summed E-state index contributed by atoms with van der Waals surface area (Å²) in [5, 5.41) is 4.56. The van der Waals surface area contributed by atoms with Gasteiger partial charge < -0.3 is 9.57 Å². The summed E-state index contributed by atoms with van der Waals surface area (Å²) in [7, 11) is 0. The van der Waals surface area contributed by atoms with Crippen molar-refractivity contribution in [1.82, 2.24) is 0 Å². The van der Waals surface area contributed by atoms with E-state index in [2.05, 4.69) is 5.16 Å². The number of ether oxygens (including phenoxy) is 1. The maximum atomic E-state index is 13.1. The van der Waals surface area contributed by atoms with Crippen LogP contribution in [0, 0.1) is 5.82 Å². The molecule has 4 rings (SSSR count). The van der Waals surface area contributed by atoms with Crippen LogP contribution in [0.1, 0.15) is 16.7 Å². The van der Waals surface area contributed by atoms with Gasteiger partial charge in [-0.05, 0) is 35.9 Å². The van der Waals surface area contributed by atoms with Crippen molar-refractivity contribution in [3.63, 3.8) is 0 Å². The number of benzene rings is 3. The zero-order valence-electron chi connectivity index (χ0n) is 15.4. The van der Waals surface area contributed by atoms with Gasteiger partial charge in [0.1, 0.15) is 23.9 Å². The van der Waals surface area contributed by atoms with Crippen molar-refractivity contribution in [2.45, 2.75) is 6.61 Å². The molecule has 7 heteroatoms. The van der Waals surface area contributed by atoms with E-state index in [0.717, 1.165) is 11.1 Å². The van der Waals surface area contributed by atoms with Crippen LogP contribution in [0.4, 0.5) is 4.39 Å². The predicted molar refractivity (Wildman–Crippen MR) is 114 cm³/mol. The molecule has 150 valence electrons. The first kappa shape index (κ1) is 20.1. The van der Waals surface area contributed by atoms with Gasteiger partial charge in [0.2, 0.25) is 0 Å². The number of rotatable bonds is 5. The molecular weight excluding hydrogens is 428 g/mol. The highest BCUT2D eigenvalue weighted by molar-refractivity contribution is 6.36. The summed E-state index contributed by atoms with van der Waals surface area (Å²) in [4.78, 5) is 17.2. The molecule has 3 aromatic carbocycles. The van der Waals surface area contributed by atoms with Crippen LogP contribution in [-0.4, -0.2) is 11.7 Å². The van der Waals surface area contributed by atoms with Crippen molar-refractivity contribution < 1.29 is 18.8 Å². The second-order valence-corrected chi connectivity index (χ2v) is 7.31. The quantitative estimate of drug-likeness (QED) is 0.357. The Kier molecular flexibility index (Phi) is 5.84. The third-order valence-corrected chi connectivity index (χ3v) is 4.87. The minimum atomic E-state index is -0.588. The fraction of sp³-hybridized carbons (Fsp3) is 0.0435. The Hall–Kier alpha value is -3.15. The molecule has 0 bridgehead atoms. The fourth-order valence-electron chi connectivity index (χ4n) is 2.95. The van der Waals surface area contributed by atoms with Gasteiger partial charge in [-0.2, -0.15) is 0 Å². The molecule has 1 aliphatic rings. The number of nitrogens with zero attached hydrogens (tertiary/aromatic N) is 1. The zero-order chi connectivity index (χ0) is 21.1. The van der Waals surface area contributed by atoms with Gasteiger partial charge in [0.25, 0.3) is 0 Å².